The summed E-state index contributed by atoms with van der Waals surface area (Å²) in [6.45, 7) is 14.0. The average Bonchev–Trinajstić information content (AvgIpc) is 2.83. The van der Waals surface area contributed by atoms with E-state index in [0.717, 1.165) is 34.7 Å². The predicted octanol–water partition coefficient (Wildman–Crippen LogP) is 6.13. The van der Waals surface area contributed by atoms with Gasteiger partial charge in [0.05, 0.1) is 11.2 Å². The van der Waals surface area contributed by atoms with Crippen LogP contribution in [0.25, 0.3) is 0 Å². The molecule has 0 unspecified atom stereocenters. The fourth-order valence-electron chi connectivity index (χ4n) is 2.93. The molecule has 0 N–H and O–H groups in total. The Hall–Kier alpha value is -2.24. The molecule has 1 fully saturated rings. The van der Waals surface area contributed by atoms with Gasteiger partial charge in [0, 0.05) is 11.1 Å². The van der Waals surface area contributed by atoms with Crippen molar-refractivity contribution < 1.29 is 18.9 Å². The molecule has 2 aromatic rings. The monoisotopic (exact) mass is 428 g/mol. The van der Waals surface area contributed by atoms with Gasteiger partial charge in [-0.1, -0.05) is 69.8 Å². The number of carbonyl (C=O) groups is 2. The first kappa shape index (κ1) is 31.0. The van der Waals surface area contributed by atoms with E-state index in [-0.39, 0.29) is 33.5 Å². The van der Waals surface area contributed by atoms with Crippen molar-refractivity contribution in [1.29, 1.82) is 0 Å². The molecule has 0 bridgehead atoms. The highest BCUT2D eigenvalue weighted by Crippen LogP contribution is 2.36. The van der Waals surface area contributed by atoms with E-state index in [4.69, 9.17) is 9.31 Å². The third kappa shape index (κ3) is 7.15. The molecule has 0 radical (unpaired) electrons. The summed E-state index contributed by atoms with van der Waals surface area (Å²) in [4.78, 5) is 21.4. The molecule has 3 rings (SSSR count). The summed E-state index contributed by atoms with van der Waals surface area (Å²) in [5, 5.41) is 0. The summed E-state index contributed by atoms with van der Waals surface area (Å²) < 4.78 is 11.9. The van der Waals surface area contributed by atoms with Crippen LogP contribution in [0.15, 0.2) is 36.4 Å². The lowest BCUT2D eigenvalue weighted by Gasteiger charge is -2.32. The second kappa shape index (κ2) is 12.0. The van der Waals surface area contributed by atoms with Crippen molar-refractivity contribution in [3.05, 3.63) is 64.2 Å². The van der Waals surface area contributed by atoms with E-state index in [1.54, 1.807) is 0 Å². The topological polar surface area (TPSA) is 52.6 Å². The highest BCUT2D eigenvalue weighted by Gasteiger charge is 2.52. The Kier molecular flexibility index (Phi) is 12.0. The van der Waals surface area contributed by atoms with E-state index in [2.05, 4.69) is 0 Å². The maximum Gasteiger partial charge on any atom is 0.495 e. The Bertz CT molecular complexity index is 856. The third-order valence-corrected chi connectivity index (χ3v) is 5.43. The highest BCUT2D eigenvalue weighted by atomic mass is 16.7. The second-order valence-corrected chi connectivity index (χ2v) is 8.32. The van der Waals surface area contributed by atoms with Gasteiger partial charge in [0.2, 0.25) is 0 Å². The largest absolute Gasteiger partial charge is 0.495 e. The van der Waals surface area contributed by atoms with Crippen molar-refractivity contribution in [3.8, 4) is 0 Å². The summed E-state index contributed by atoms with van der Waals surface area (Å²) in [6, 6.07) is 11.5. The van der Waals surface area contributed by atoms with Crippen molar-refractivity contribution in [2.24, 2.45) is 0 Å². The van der Waals surface area contributed by atoms with Gasteiger partial charge in [-0.15, -0.1) is 0 Å². The Labute approximate surface area is 190 Å². The third-order valence-electron chi connectivity index (χ3n) is 5.43. The number of aryl methyl sites for hydroxylation is 3. The molecule has 172 valence electrons. The molecule has 1 heterocycles. The Morgan fingerprint density at radius 1 is 0.710 bits per heavy atom. The molecule has 1 saturated heterocycles. The van der Waals surface area contributed by atoms with Crippen LogP contribution in [0, 0.1) is 20.8 Å². The van der Waals surface area contributed by atoms with Crippen LogP contribution in [-0.4, -0.2) is 30.9 Å². The Morgan fingerprint density at radius 2 is 1.13 bits per heavy atom. The maximum absolute atomic E-state index is 11.1. The van der Waals surface area contributed by atoms with Crippen LogP contribution in [0.4, 0.5) is 0 Å². The van der Waals surface area contributed by atoms with Crippen LogP contribution < -0.4 is 5.46 Å². The Balaban J connectivity index is 0. The maximum atomic E-state index is 11.1. The summed E-state index contributed by atoms with van der Waals surface area (Å²) in [7, 11) is -0.477. The smallest absolute Gasteiger partial charge is 0.399 e. The van der Waals surface area contributed by atoms with E-state index in [9.17, 15) is 9.59 Å². The zero-order valence-corrected chi connectivity index (χ0v) is 17.8. The molecule has 4 nitrogen and oxygen atoms in total. The lowest BCUT2D eigenvalue weighted by molar-refractivity contribution is 0.00578. The van der Waals surface area contributed by atoms with Gasteiger partial charge in [-0.05, 0) is 59.5 Å². The zero-order valence-electron chi connectivity index (χ0n) is 17.8. The summed E-state index contributed by atoms with van der Waals surface area (Å²) in [5.41, 5.74) is 4.78. The van der Waals surface area contributed by atoms with E-state index < -0.39 is 7.12 Å². The quantitative estimate of drug-likeness (QED) is 0.436. The number of carbonyl (C=O) groups excluding carboxylic acids is 2. The summed E-state index contributed by atoms with van der Waals surface area (Å²) in [6.07, 6.45) is 1.73. The molecule has 2 aromatic carbocycles. The molecule has 1 aliphatic rings. The van der Waals surface area contributed by atoms with Gasteiger partial charge >= 0.3 is 7.12 Å². The number of hydrogen-bond acceptors (Lipinski definition) is 4. The van der Waals surface area contributed by atoms with Crippen LogP contribution in [-0.2, 0) is 9.31 Å². The van der Waals surface area contributed by atoms with E-state index in [1.165, 1.54) is 5.56 Å². The summed E-state index contributed by atoms with van der Waals surface area (Å²) in [5.74, 6) is 0. The van der Waals surface area contributed by atoms with E-state index in [1.807, 2.05) is 84.9 Å². The molecule has 5 heteroatoms. The van der Waals surface area contributed by atoms with Gasteiger partial charge < -0.3 is 9.31 Å². The molecule has 1 aliphatic heterocycles. The minimum absolute atomic E-state index is 0. The van der Waals surface area contributed by atoms with Crippen LogP contribution in [0.1, 0.15) is 87.4 Å². The van der Waals surface area contributed by atoms with Crippen molar-refractivity contribution in [1.82, 2.24) is 0 Å². The molecule has 0 atom stereocenters. The van der Waals surface area contributed by atoms with Crippen LogP contribution in [0.2, 0.25) is 0 Å². The van der Waals surface area contributed by atoms with Gasteiger partial charge in [0.15, 0.2) is 0 Å². The number of hydrogen-bond donors (Lipinski definition) is 0. The fourth-order valence-corrected chi connectivity index (χ4v) is 2.93. The first-order chi connectivity index (χ1) is 13.0. The fraction of sp³-hybridized carbons (Fsp3) is 0.462. The minimum Gasteiger partial charge on any atom is -0.399 e. The lowest BCUT2D eigenvalue weighted by Crippen LogP contribution is -2.41. The van der Waals surface area contributed by atoms with Crippen molar-refractivity contribution >= 4 is 25.2 Å². The molecule has 0 saturated carbocycles. The average molecular weight is 428 g/mol. The first-order valence-electron chi connectivity index (χ1n) is 9.44. The zero-order chi connectivity index (χ0) is 21.1. The molecular formula is C26H41BO4. The second-order valence-electron chi connectivity index (χ2n) is 8.32. The normalized spacial score (nSPS) is 15.3. The molecule has 31 heavy (non-hydrogen) atoms. The van der Waals surface area contributed by atoms with Crippen molar-refractivity contribution in [2.75, 3.05) is 0 Å². The van der Waals surface area contributed by atoms with Gasteiger partial charge in [-0.3, -0.25) is 9.59 Å². The summed E-state index contributed by atoms with van der Waals surface area (Å²) >= 11 is 0. The number of benzene rings is 2. The molecule has 0 aliphatic carbocycles. The molecule has 0 spiro atoms. The predicted molar refractivity (Wildman–Crippen MR) is 134 cm³/mol. The van der Waals surface area contributed by atoms with Gasteiger partial charge in [-0.2, -0.15) is 0 Å². The van der Waals surface area contributed by atoms with Gasteiger partial charge in [-0.25, -0.2) is 0 Å². The van der Waals surface area contributed by atoms with Crippen LogP contribution in [0.5, 0.6) is 0 Å². The van der Waals surface area contributed by atoms with E-state index >= 15 is 0 Å². The Morgan fingerprint density at radius 3 is 1.55 bits per heavy atom. The molecule has 0 aromatic heterocycles. The lowest BCUT2D eigenvalue weighted by atomic mass is 9.75. The minimum atomic E-state index is -0.477. The molecule has 0 amide bonds. The van der Waals surface area contributed by atoms with Crippen LogP contribution >= 0.6 is 0 Å². The van der Waals surface area contributed by atoms with Gasteiger partial charge in [0.1, 0.15) is 12.6 Å². The van der Waals surface area contributed by atoms with Crippen LogP contribution in [0.3, 0.4) is 0 Å². The highest BCUT2D eigenvalue weighted by molar-refractivity contribution is 6.63. The molecular weight excluding hydrogens is 387 g/mol. The number of rotatable bonds is 3. The van der Waals surface area contributed by atoms with E-state index in [0.29, 0.717) is 5.56 Å². The van der Waals surface area contributed by atoms with Crippen molar-refractivity contribution in [3.63, 3.8) is 0 Å². The first-order valence-corrected chi connectivity index (χ1v) is 9.44. The van der Waals surface area contributed by atoms with Gasteiger partial charge in [0.25, 0.3) is 0 Å². The standard InChI is InChI=1S/C14H19BO3.C9H10O.3CH4/c1-10-6-7-11(9-16)12(8-10)15-17-13(2,3)14(4,5)18-15;1-7-3-4-9(6-10)8(2)5-7;;;/h6-9H,1-5H3;3-6H,1-2H3;3*1H4. The SMILES string of the molecule is C.C.C.Cc1ccc(C=O)c(B2OC(C)(C)C(C)(C)O2)c1.Cc1ccc(C=O)c(C)c1. The van der Waals surface area contributed by atoms with Crippen molar-refractivity contribution in [2.45, 2.75) is 81.9 Å². The number of aldehydes is 2.